The fraction of sp³-hybridized carbons (Fsp3) is 0.912. The van der Waals surface area contributed by atoms with E-state index in [0.29, 0.717) is 32.5 Å². The number of esters is 1. The SMILES string of the molecule is CO[C@]1(C)C[C@@H](C)CN(C)C(C2CN(C(=O)[C@@H]3CCNC3)C2)COC(=O)C(C)(C)C(=O)[C@H](C)[C@H]1O[C@@H]1O[C@H](C)C[C@H](N(C)C)[C@H]1O. The van der Waals surface area contributed by atoms with Crippen LogP contribution in [0.4, 0.5) is 0 Å². The zero-order chi connectivity index (χ0) is 34.1. The minimum atomic E-state index is -1.46. The van der Waals surface area contributed by atoms with Crippen molar-refractivity contribution in [2.45, 2.75) is 103 Å². The van der Waals surface area contributed by atoms with E-state index >= 15 is 0 Å². The van der Waals surface area contributed by atoms with Gasteiger partial charge in [0.05, 0.1) is 23.7 Å². The number of aliphatic hydroxyl groups excluding tert-OH is 1. The highest BCUT2D eigenvalue weighted by Crippen LogP contribution is 2.39. The molecular weight excluding hydrogens is 592 g/mol. The molecule has 2 N–H and O–H groups in total. The molecule has 0 saturated carbocycles. The van der Waals surface area contributed by atoms with Gasteiger partial charge in [-0.05, 0) is 80.6 Å². The molecule has 264 valence electrons. The Bertz CT molecular complexity index is 1080. The number of cyclic esters (lactones) is 1. The highest BCUT2D eigenvalue weighted by Gasteiger charge is 2.52. The molecule has 0 aromatic heterocycles. The zero-order valence-electron chi connectivity index (χ0n) is 29.8. The number of carbonyl (C=O) groups is 3. The molecule has 12 nitrogen and oxygen atoms in total. The number of likely N-dealkylation sites (tertiary alicyclic amines) is 1. The molecule has 4 saturated heterocycles. The summed E-state index contributed by atoms with van der Waals surface area (Å²) in [6.07, 6.45) is -0.863. The third kappa shape index (κ3) is 7.79. The number of amides is 1. The summed E-state index contributed by atoms with van der Waals surface area (Å²) < 4.78 is 24.9. The minimum absolute atomic E-state index is 0.0318. The van der Waals surface area contributed by atoms with Gasteiger partial charge in [0.15, 0.2) is 12.1 Å². The van der Waals surface area contributed by atoms with Crippen molar-refractivity contribution in [3.63, 3.8) is 0 Å². The Hall–Kier alpha value is -1.67. The summed E-state index contributed by atoms with van der Waals surface area (Å²) in [4.78, 5) is 47.0. The number of aliphatic hydroxyl groups is 1. The second-order valence-electron chi connectivity index (χ2n) is 15.5. The van der Waals surface area contributed by atoms with E-state index in [0.717, 1.165) is 19.5 Å². The van der Waals surface area contributed by atoms with Crippen LogP contribution in [0.15, 0.2) is 0 Å². The molecule has 0 aromatic rings. The minimum Gasteiger partial charge on any atom is -0.463 e. The average Bonchev–Trinajstić information content (AvgIpc) is 3.51. The standard InChI is InChI=1S/C34H60N4O8/c1-20-14-34(6,43-10)29(46-31-27(39)25(36(7)8)13-21(2)45-31)22(3)28(40)33(4,5)32(42)44-19-26(37(9)16-20)24-17-38(18-24)30(41)23-11-12-35-15-23/h20-27,29,31,35,39H,11-19H2,1-10H3/t20-,21-,22+,23-,25+,26?,27-,29-,31+,34-/m1/s1. The lowest BCUT2D eigenvalue weighted by molar-refractivity contribution is -0.295. The summed E-state index contributed by atoms with van der Waals surface area (Å²) in [7, 11) is 7.48. The van der Waals surface area contributed by atoms with Crippen LogP contribution < -0.4 is 5.32 Å². The van der Waals surface area contributed by atoms with Crippen molar-refractivity contribution in [3.05, 3.63) is 0 Å². The molecule has 46 heavy (non-hydrogen) atoms. The van der Waals surface area contributed by atoms with Gasteiger partial charge in [-0.15, -0.1) is 0 Å². The van der Waals surface area contributed by atoms with Gasteiger partial charge in [0.1, 0.15) is 18.1 Å². The van der Waals surface area contributed by atoms with Crippen LogP contribution in [0.1, 0.15) is 60.8 Å². The Morgan fingerprint density at radius 1 is 1.11 bits per heavy atom. The number of ketones is 1. The maximum absolute atomic E-state index is 14.2. The number of methoxy groups -OCH3 is 1. The molecule has 0 radical (unpaired) electrons. The number of carbonyl (C=O) groups excluding carboxylic acids is 3. The van der Waals surface area contributed by atoms with Crippen LogP contribution in [-0.2, 0) is 33.3 Å². The molecule has 1 unspecified atom stereocenters. The second-order valence-corrected chi connectivity index (χ2v) is 15.5. The van der Waals surface area contributed by atoms with Crippen LogP contribution in [0.5, 0.6) is 0 Å². The van der Waals surface area contributed by atoms with Crippen molar-refractivity contribution in [2.24, 2.45) is 29.1 Å². The predicted octanol–water partition coefficient (Wildman–Crippen LogP) is 1.39. The molecule has 12 heteroatoms. The first-order valence-corrected chi connectivity index (χ1v) is 17.1. The maximum atomic E-state index is 14.2. The molecule has 4 fully saturated rings. The zero-order valence-corrected chi connectivity index (χ0v) is 29.8. The number of rotatable bonds is 6. The Kier molecular flexibility index (Phi) is 12.0. The van der Waals surface area contributed by atoms with Crippen LogP contribution in [0.3, 0.4) is 0 Å². The lowest BCUT2D eigenvalue weighted by Gasteiger charge is -2.48. The van der Waals surface area contributed by atoms with Crippen molar-refractivity contribution < 1.29 is 38.4 Å². The van der Waals surface area contributed by atoms with Gasteiger partial charge < -0.3 is 39.2 Å². The van der Waals surface area contributed by atoms with E-state index in [1.54, 1.807) is 27.9 Å². The predicted molar refractivity (Wildman–Crippen MR) is 173 cm³/mol. The van der Waals surface area contributed by atoms with Crippen LogP contribution >= 0.6 is 0 Å². The van der Waals surface area contributed by atoms with Crippen molar-refractivity contribution in [1.29, 1.82) is 0 Å². The first kappa shape index (κ1) is 37.2. The van der Waals surface area contributed by atoms with Crippen molar-refractivity contribution >= 4 is 17.7 Å². The van der Waals surface area contributed by atoms with E-state index in [9.17, 15) is 19.5 Å². The molecule has 0 bridgehead atoms. The summed E-state index contributed by atoms with van der Waals surface area (Å²) in [5, 5.41) is 14.6. The van der Waals surface area contributed by atoms with Gasteiger partial charge in [-0.3, -0.25) is 19.3 Å². The molecule has 0 aliphatic carbocycles. The quantitative estimate of drug-likeness (QED) is 0.319. The summed E-state index contributed by atoms with van der Waals surface area (Å²) in [6, 6.07) is -0.302. The van der Waals surface area contributed by atoms with Gasteiger partial charge in [0.2, 0.25) is 5.91 Å². The normalized spacial score (nSPS) is 40.5. The van der Waals surface area contributed by atoms with Gasteiger partial charge in [-0.1, -0.05) is 13.8 Å². The van der Waals surface area contributed by atoms with Crippen LogP contribution in [0.2, 0.25) is 0 Å². The van der Waals surface area contributed by atoms with Gasteiger partial charge in [-0.25, -0.2) is 0 Å². The summed E-state index contributed by atoms with van der Waals surface area (Å²) in [6.45, 7) is 14.7. The molecule has 0 spiro atoms. The number of nitrogens with zero attached hydrogens (tertiary/aromatic N) is 3. The Balaban J connectivity index is 1.59. The number of ether oxygens (including phenoxy) is 4. The number of Topliss-reactive ketones (excluding diaryl/α,β-unsaturated/α-hetero) is 1. The monoisotopic (exact) mass is 652 g/mol. The molecular formula is C34H60N4O8. The molecule has 4 aliphatic rings. The molecule has 0 aromatic carbocycles. The van der Waals surface area contributed by atoms with Gasteiger partial charge >= 0.3 is 5.97 Å². The van der Waals surface area contributed by atoms with Crippen molar-refractivity contribution in [3.8, 4) is 0 Å². The summed E-state index contributed by atoms with van der Waals surface area (Å²) in [5.74, 6) is -1.22. The van der Waals surface area contributed by atoms with E-state index in [2.05, 4.69) is 17.1 Å². The largest absolute Gasteiger partial charge is 0.463 e. The first-order valence-electron chi connectivity index (χ1n) is 17.1. The molecule has 4 aliphatic heterocycles. The van der Waals surface area contributed by atoms with Gasteiger partial charge in [0, 0.05) is 57.2 Å². The van der Waals surface area contributed by atoms with Crippen LogP contribution in [0, 0.1) is 29.1 Å². The van der Waals surface area contributed by atoms with Crippen molar-refractivity contribution in [1.82, 2.24) is 20.0 Å². The Morgan fingerprint density at radius 3 is 2.37 bits per heavy atom. The molecule has 10 atom stereocenters. The van der Waals surface area contributed by atoms with Gasteiger partial charge in [-0.2, -0.15) is 0 Å². The third-order valence-corrected chi connectivity index (χ3v) is 11.1. The topological polar surface area (TPSA) is 130 Å². The molecule has 4 rings (SSSR count). The van der Waals surface area contributed by atoms with E-state index in [1.165, 1.54) is 0 Å². The summed E-state index contributed by atoms with van der Waals surface area (Å²) >= 11 is 0. The van der Waals surface area contributed by atoms with Crippen LogP contribution in [-0.4, -0.2) is 147 Å². The highest BCUT2D eigenvalue weighted by atomic mass is 16.7. The number of hydrogen-bond acceptors (Lipinski definition) is 11. The highest BCUT2D eigenvalue weighted by molar-refractivity contribution is 6.04. The lowest BCUT2D eigenvalue weighted by Crippen LogP contribution is -2.60. The fourth-order valence-corrected chi connectivity index (χ4v) is 8.12. The van der Waals surface area contributed by atoms with Crippen LogP contribution in [0.25, 0.3) is 0 Å². The Labute approximate surface area is 275 Å². The third-order valence-electron chi connectivity index (χ3n) is 11.1. The van der Waals surface area contributed by atoms with Gasteiger partial charge in [0.25, 0.3) is 0 Å². The van der Waals surface area contributed by atoms with E-state index < -0.39 is 41.4 Å². The Morgan fingerprint density at radius 2 is 1.78 bits per heavy atom. The average molecular weight is 653 g/mol. The first-order chi connectivity index (χ1) is 21.5. The number of nitrogens with one attached hydrogen (secondary N) is 1. The van der Waals surface area contributed by atoms with E-state index in [-0.39, 0.29) is 54.2 Å². The lowest BCUT2D eigenvalue weighted by atomic mass is 9.74. The number of hydrogen-bond donors (Lipinski definition) is 2. The summed E-state index contributed by atoms with van der Waals surface area (Å²) in [5.41, 5.74) is -2.41. The van der Waals surface area contributed by atoms with E-state index in [4.69, 9.17) is 18.9 Å². The van der Waals surface area contributed by atoms with E-state index in [1.807, 2.05) is 44.8 Å². The molecule has 4 heterocycles. The smallest absolute Gasteiger partial charge is 0.319 e. The fourth-order valence-electron chi connectivity index (χ4n) is 8.12. The maximum Gasteiger partial charge on any atom is 0.319 e. The number of likely N-dealkylation sites (N-methyl/N-ethyl adjacent to an activating group) is 2. The molecule has 1 amide bonds. The second kappa shape index (κ2) is 14.8. The van der Waals surface area contributed by atoms with Crippen molar-refractivity contribution in [2.75, 3.05) is 67.6 Å².